The lowest BCUT2D eigenvalue weighted by Gasteiger charge is -2.01. The monoisotopic (exact) mass is 283 g/mol. The molecule has 2 aromatic rings. The van der Waals surface area contributed by atoms with Crippen molar-refractivity contribution in [1.82, 2.24) is 4.98 Å². The van der Waals surface area contributed by atoms with E-state index in [1.165, 1.54) is 12.3 Å². The minimum absolute atomic E-state index is 0.00938. The predicted octanol–water partition coefficient (Wildman–Crippen LogP) is 1.63. The molecule has 1 aromatic carbocycles. The van der Waals surface area contributed by atoms with E-state index in [1.54, 1.807) is 42.6 Å². The van der Waals surface area contributed by atoms with Crippen molar-refractivity contribution in [2.24, 2.45) is 10.3 Å². The molecule has 7 heteroatoms. The molecule has 0 saturated heterocycles. The molecule has 0 aliphatic rings. The Morgan fingerprint density at radius 3 is 2.86 bits per heavy atom. The van der Waals surface area contributed by atoms with Gasteiger partial charge in [-0.3, -0.25) is 15.2 Å². The maximum absolute atomic E-state index is 11.0. The summed E-state index contributed by atoms with van der Waals surface area (Å²) in [5, 5.41) is 18.1. The van der Waals surface area contributed by atoms with Gasteiger partial charge in [0.25, 0.3) is 0 Å². The van der Waals surface area contributed by atoms with Crippen molar-refractivity contribution in [2.45, 2.75) is 6.92 Å². The summed E-state index contributed by atoms with van der Waals surface area (Å²) in [7, 11) is 0. The number of anilines is 1. The second-order valence-electron chi connectivity index (χ2n) is 4.21. The second-order valence-corrected chi connectivity index (χ2v) is 4.21. The Hall–Kier alpha value is -2.93. The highest BCUT2D eigenvalue weighted by atomic mass is 16.1. The summed E-state index contributed by atoms with van der Waals surface area (Å²) in [6, 6.07) is 12.4. The molecule has 21 heavy (non-hydrogen) atoms. The van der Waals surface area contributed by atoms with Gasteiger partial charge in [0, 0.05) is 36.2 Å². The molecule has 1 heterocycles. The number of nitrogens with two attached hydrogens (primary N) is 1. The van der Waals surface area contributed by atoms with Crippen LogP contribution < -0.4 is 10.7 Å². The number of hydrogen-bond acceptors (Lipinski definition) is 4. The zero-order chi connectivity index (χ0) is 15.1. The molecule has 7 nitrogen and oxygen atoms in total. The van der Waals surface area contributed by atoms with E-state index < -0.39 is 0 Å². The molecule has 0 spiro atoms. The Bertz CT molecular complexity index is 668. The summed E-state index contributed by atoms with van der Waals surface area (Å²) in [6.45, 7) is 1.45. The summed E-state index contributed by atoms with van der Waals surface area (Å²) < 4.78 is 0. The van der Waals surface area contributed by atoms with Gasteiger partial charge in [0.05, 0.1) is 0 Å². The molecule has 0 atom stereocenters. The first-order valence-corrected chi connectivity index (χ1v) is 6.27. The van der Waals surface area contributed by atoms with E-state index in [-0.39, 0.29) is 11.7 Å². The third kappa shape index (κ3) is 4.59. The quantitative estimate of drug-likeness (QED) is 0.198. The van der Waals surface area contributed by atoms with Gasteiger partial charge >= 0.3 is 0 Å². The fourth-order valence-electron chi connectivity index (χ4n) is 1.61. The Labute approximate surface area is 121 Å². The van der Waals surface area contributed by atoms with Crippen LogP contribution in [-0.2, 0) is 4.79 Å². The van der Waals surface area contributed by atoms with Crippen LogP contribution in [-0.4, -0.2) is 16.7 Å². The van der Waals surface area contributed by atoms with Crippen LogP contribution in [0.25, 0.3) is 0 Å². The van der Waals surface area contributed by atoms with Crippen LogP contribution in [0.15, 0.2) is 59.0 Å². The predicted molar refractivity (Wildman–Crippen MR) is 78.3 cm³/mol. The Kier molecular flexibility index (Phi) is 4.84. The number of nitrogens with one attached hydrogen (secondary N) is 2. The number of aromatic nitrogens is 1. The highest BCUT2D eigenvalue weighted by molar-refractivity contribution is 5.94. The largest absolute Gasteiger partial charge is 0.326 e. The van der Waals surface area contributed by atoms with Crippen molar-refractivity contribution in [2.75, 3.05) is 5.32 Å². The van der Waals surface area contributed by atoms with Crippen LogP contribution in [0.1, 0.15) is 12.6 Å². The van der Waals surface area contributed by atoms with Crippen molar-refractivity contribution < 1.29 is 10.2 Å². The molecule has 0 radical (unpaired) electrons. The van der Waals surface area contributed by atoms with Crippen molar-refractivity contribution in [3.8, 4) is 0 Å². The van der Waals surface area contributed by atoms with Gasteiger partial charge in [-0.15, -0.1) is 0 Å². The number of quaternary nitrogens is 1. The summed E-state index contributed by atoms with van der Waals surface area (Å²) in [6.07, 6.45) is 1.60. The maximum Gasteiger partial charge on any atom is 0.221 e. The van der Waals surface area contributed by atoms with Crippen molar-refractivity contribution in [3.63, 3.8) is 0 Å². The first-order valence-electron chi connectivity index (χ1n) is 6.27. The number of amides is 1. The molecular formula is C14H15N6O+. The minimum atomic E-state index is -0.134. The molecule has 0 aliphatic carbocycles. The molecule has 0 bridgehead atoms. The van der Waals surface area contributed by atoms with E-state index in [0.717, 1.165) is 5.69 Å². The normalized spacial score (nSPS) is 10.5. The van der Waals surface area contributed by atoms with Crippen LogP contribution >= 0.6 is 0 Å². The summed E-state index contributed by atoms with van der Waals surface area (Å²) in [5.41, 5.74) is 3.44. The van der Waals surface area contributed by atoms with Gasteiger partial charge in [0.2, 0.25) is 5.91 Å². The first kappa shape index (κ1) is 14.5. The average molecular weight is 283 g/mol. The molecule has 106 valence electrons. The smallest absolute Gasteiger partial charge is 0.221 e. The minimum Gasteiger partial charge on any atom is -0.326 e. The topological polar surface area (TPSA) is 107 Å². The number of benzene rings is 1. The summed E-state index contributed by atoms with van der Waals surface area (Å²) in [5.74, 6) is -0.143. The van der Waals surface area contributed by atoms with E-state index in [4.69, 9.17) is 5.41 Å². The lowest BCUT2D eigenvalue weighted by molar-refractivity contribution is -0.585. The first-order chi connectivity index (χ1) is 10.1. The number of hydrogen-bond donors (Lipinski definition) is 3. The zero-order valence-corrected chi connectivity index (χ0v) is 11.4. The standard InChI is InChI=1S/C14H14N6O/c1-10(21)17-11-5-4-6-12(9-11)18-20-19-14(15)13-7-2-3-8-16-13/h2-9H,1H3,(H,17,21)(H2,15,18,19)/p+1. The van der Waals surface area contributed by atoms with Gasteiger partial charge in [0.15, 0.2) is 11.5 Å². The van der Waals surface area contributed by atoms with Gasteiger partial charge in [-0.25, -0.2) is 0 Å². The van der Waals surface area contributed by atoms with E-state index in [2.05, 4.69) is 20.6 Å². The highest BCUT2D eigenvalue weighted by Gasteiger charge is 2.02. The van der Waals surface area contributed by atoms with Crippen molar-refractivity contribution in [1.29, 1.82) is 5.41 Å². The van der Waals surface area contributed by atoms with Gasteiger partial charge in [-0.1, -0.05) is 17.2 Å². The highest BCUT2D eigenvalue weighted by Crippen LogP contribution is 2.10. The number of rotatable bonds is 4. The molecule has 0 fully saturated rings. The maximum atomic E-state index is 11.0. The Balaban J connectivity index is 1.98. The molecule has 0 saturated carbocycles. The van der Waals surface area contributed by atoms with Gasteiger partial charge in [0.1, 0.15) is 5.69 Å². The van der Waals surface area contributed by atoms with E-state index in [1.807, 2.05) is 6.07 Å². The Morgan fingerprint density at radius 2 is 2.14 bits per heavy atom. The van der Waals surface area contributed by atoms with Crippen LogP contribution in [0.4, 0.5) is 11.4 Å². The third-order valence-corrected chi connectivity index (χ3v) is 2.48. The fraction of sp³-hybridized carbons (Fsp3) is 0.0714. The van der Waals surface area contributed by atoms with E-state index >= 15 is 0 Å². The summed E-state index contributed by atoms with van der Waals surface area (Å²) >= 11 is 0. The van der Waals surface area contributed by atoms with Gasteiger partial charge < -0.3 is 5.32 Å². The number of nitrogens with zero attached hydrogens (tertiary/aromatic N) is 3. The molecule has 4 N–H and O–H groups in total. The van der Waals surface area contributed by atoms with Crippen molar-refractivity contribution >= 4 is 23.1 Å². The molecule has 1 amide bonds. The number of amidine groups is 1. The SMILES string of the molecule is CC(=O)Nc1cccc([NH2+]N=NC(=N)c2ccccn2)c1. The van der Waals surface area contributed by atoms with E-state index in [0.29, 0.717) is 11.4 Å². The molecule has 1 aromatic heterocycles. The van der Waals surface area contributed by atoms with Crippen LogP contribution in [0.3, 0.4) is 0 Å². The Morgan fingerprint density at radius 1 is 1.29 bits per heavy atom. The lowest BCUT2D eigenvalue weighted by Crippen LogP contribution is -2.70. The van der Waals surface area contributed by atoms with Crippen LogP contribution in [0.2, 0.25) is 0 Å². The second kappa shape index (κ2) is 7.01. The molecule has 0 aliphatic heterocycles. The molecule has 0 unspecified atom stereocenters. The number of carbonyl (C=O) groups is 1. The van der Waals surface area contributed by atoms with Crippen LogP contribution in [0, 0.1) is 5.41 Å². The van der Waals surface area contributed by atoms with E-state index in [9.17, 15) is 4.79 Å². The average Bonchev–Trinajstić information content (AvgIpc) is 2.48. The number of carbonyl (C=O) groups excluding carboxylic acids is 1. The van der Waals surface area contributed by atoms with Gasteiger partial charge in [-0.05, 0) is 18.2 Å². The van der Waals surface area contributed by atoms with Gasteiger partial charge in [-0.2, -0.15) is 5.43 Å². The van der Waals surface area contributed by atoms with Crippen LogP contribution in [0.5, 0.6) is 0 Å². The third-order valence-electron chi connectivity index (χ3n) is 2.48. The lowest BCUT2D eigenvalue weighted by atomic mass is 10.3. The van der Waals surface area contributed by atoms with Crippen molar-refractivity contribution in [3.05, 3.63) is 54.4 Å². The fourth-order valence-corrected chi connectivity index (χ4v) is 1.61. The number of pyridine rings is 1. The zero-order valence-electron chi connectivity index (χ0n) is 11.4. The molecular weight excluding hydrogens is 268 g/mol. The summed E-state index contributed by atoms with van der Waals surface area (Å²) in [4.78, 5) is 15.0. The molecule has 2 rings (SSSR count).